The molecule has 8 aromatic rings. The number of nitrogens with zero attached hydrogens (tertiary/aromatic N) is 4. The molecule has 0 bridgehead atoms. The first-order valence-electron chi connectivity index (χ1n) is 20.1. The SMILES string of the molecule is Cc1ccc(Cn2cnc(=O)c3cc(Oc4c(C)cc(C(=O)O)cc4C)ccc32)c(F)c1.Cc1ccc(Cn2cnc(=O)c3cc(Oc4c(C)cc(C(N)=O)cc4C)ccc32)c(F)c1. The fourth-order valence-electron chi connectivity index (χ4n) is 7.41. The predicted octanol–water partition coefficient (Wildman–Crippen LogP) is 9.40. The highest BCUT2D eigenvalue weighted by Crippen LogP contribution is 2.33. The average Bonchev–Trinajstić information content (AvgIpc) is 3.24. The summed E-state index contributed by atoms with van der Waals surface area (Å²) in [5, 5.41) is 9.92. The second-order valence-electron chi connectivity index (χ2n) is 15.7. The van der Waals surface area contributed by atoms with Crippen LogP contribution in [-0.4, -0.2) is 36.1 Å². The van der Waals surface area contributed by atoms with Gasteiger partial charge in [0.1, 0.15) is 34.6 Å². The number of halogens is 2. The van der Waals surface area contributed by atoms with Crippen LogP contribution in [0, 0.1) is 53.2 Å². The van der Waals surface area contributed by atoms with E-state index in [4.69, 9.17) is 15.2 Å². The van der Waals surface area contributed by atoms with Crippen molar-refractivity contribution >= 4 is 33.7 Å². The molecule has 0 aliphatic carbocycles. The zero-order valence-corrected chi connectivity index (χ0v) is 35.8. The average molecular weight is 864 g/mol. The van der Waals surface area contributed by atoms with Crippen molar-refractivity contribution in [2.45, 2.75) is 54.6 Å². The fraction of sp³-hybridized carbons (Fsp3) is 0.160. The molecule has 2 heterocycles. The van der Waals surface area contributed by atoms with Crippen molar-refractivity contribution in [1.82, 2.24) is 19.1 Å². The molecule has 0 unspecified atom stereocenters. The summed E-state index contributed by atoms with van der Waals surface area (Å²) in [7, 11) is 0. The molecule has 0 aliphatic rings. The van der Waals surface area contributed by atoms with E-state index in [1.165, 1.54) is 36.9 Å². The number of carboxylic acids is 1. The summed E-state index contributed by atoms with van der Waals surface area (Å²) >= 11 is 0. The van der Waals surface area contributed by atoms with Crippen LogP contribution in [0.3, 0.4) is 0 Å². The number of carbonyl (C=O) groups excluding carboxylic acids is 1. The molecule has 64 heavy (non-hydrogen) atoms. The first-order chi connectivity index (χ1) is 30.4. The minimum Gasteiger partial charge on any atom is -0.478 e. The van der Waals surface area contributed by atoms with Gasteiger partial charge < -0.3 is 29.4 Å². The first-order valence-corrected chi connectivity index (χ1v) is 20.1. The molecular formula is C50H43F2N5O7. The normalized spacial score (nSPS) is 11.0. The number of rotatable bonds is 10. The lowest BCUT2D eigenvalue weighted by atomic mass is 10.1. The molecule has 12 nitrogen and oxygen atoms in total. The van der Waals surface area contributed by atoms with Crippen LogP contribution >= 0.6 is 0 Å². The quantitative estimate of drug-likeness (QED) is 0.136. The standard InChI is InChI=1S/C25H22FN3O3.C25H21FN2O4/c1-14-4-5-17(21(26)8-14)12-29-13-28-25(31)20-11-19(6-7-22(20)29)32-23-15(2)9-18(24(27)30)10-16(23)3;1-14-4-5-17(21(26)8-14)12-28-13-27-24(29)20-11-19(6-7-22(20)28)32-23-15(2)9-18(25(30)31)10-16(23)3/h4-11,13H,12H2,1-3H3,(H2,27,30);4-11,13H,12H2,1-3H3,(H,30,31). The Labute approximate surface area is 365 Å². The molecule has 0 atom stereocenters. The van der Waals surface area contributed by atoms with Gasteiger partial charge in [-0.25, -0.2) is 13.6 Å². The van der Waals surface area contributed by atoms with Crippen molar-refractivity contribution in [3.05, 3.63) is 198 Å². The minimum atomic E-state index is -1.01. The van der Waals surface area contributed by atoms with E-state index in [-0.39, 0.29) is 30.3 Å². The molecule has 3 N–H and O–H groups in total. The van der Waals surface area contributed by atoms with Gasteiger partial charge in [0.2, 0.25) is 5.91 Å². The van der Waals surface area contributed by atoms with Crippen molar-refractivity contribution in [3.63, 3.8) is 0 Å². The van der Waals surface area contributed by atoms with Crippen LogP contribution in [-0.2, 0) is 13.1 Å². The number of ether oxygens (including phenoxy) is 2. The van der Waals surface area contributed by atoms with Crippen LogP contribution in [0.25, 0.3) is 21.8 Å². The lowest BCUT2D eigenvalue weighted by Gasteiger charge is -2.15. The smallest absolute Gasteiger partial charge is 0.335 e. The van der Waals surface area contributed by atoms with Crippen molar-refractivity contribution in [2.24, 2.45) is 5.73 Å². The summed E-state index contributed by atoms with van der Waals surface area (Å²) in [5.41, 5.74) is 11.9. The third-order valence-corrected chi connectivity index (χ3v) is 10.6. The number of aromatic carboxylic acids is 1. The highest BCUT2D eigenvalue weighted by molar-refractivity contribution is 5.93. The van der Waals surface area contributed by atoms with Crippen LogP contribution in [0.15, 0.2) is 119 Å². The molecule has 8 rings (SSSR count). The molecule has 0 radical (unpaired) electrons. The van der Waals surface area contributed by atoms with Crippen molar-refractivity contribution in [1.29, 1.82) is 0 Å². The Balaban J connectivity index is 0.000000191. The Morgan fingerprint density at radius 3 is 1.33 bits per heavy atom. The zero-order valence-electron chi connectivity index (χ0n) is 35.8. The van der Waals surface area contributed by atoms with Gasteiger partial charge in [-0.3, -0.25) is 14.4 Å². The first kappa shape index (κ1) is 44.1. The van der Waals surface area contributed by atoms with Crippen LogP contribution in [0.4, 0.5) is 8.78 Å². The van der Waals surface area contributed by atoms with Crippen LogP contribution in [0.5, 0.6) is 23.0 Å². The lowest BCUT2D eigenvalue weighted by Crippen LogP contribution is -2.14. The molecule has 0 saturated heterocycles. The number of hydrogen-bond donors (Lipinski definition) is 2. The summed E-state index contributed by atoms with van der Waals surface area (Å²) < 4.78 is 44.1. The molecule has 2 aromatic heterocycles. The van der Waals surface area contributed by atoms with E-state index in [9.17, 15) is 33.1 Å². The summed E-state index contributed by atoms with van der Waals surface area (Å²) in [5.74, 6) is -0.149. The van der Waals surface area contributed by atoms with E-state index in [1.807, 2.05) is 39.8 Å². The molecule has 0 saturated carbocycles. The molecule has 324 valence electrons. The fourth-order valence-corrected chi connectivity index (χ4v) is 7.41. The molecule has 6 aromatic carbocycles. The summed E-state index contributed by atoms with van der Waals surface area (Å²) in [4.78, 5) is 55.5. The monoisotopic (exact) mass is 863 g/mol. The molecule has 1 amide bonds. The molecule has 14 heteroatoms. The highest BCUT2D eigenvalue weighted by atomic mass is 19.1. The van der Waals surface area contributed by atoms with Gasteiger partial charge in [-0.2, -0.15) is 9.97 Å². The number of aromatic nitrogens is 4. The zero-order chi connectivity index (χ0) is 46.0. The minimum absolute atomic E-state index is 0.182. The van der Waals surface area contributed by atoms with Gasteiger partial charge in [-0.05, 0) is 148 Å². The Kier molecular flexibility index (Phi) is 12.5. The molecule has 0 spiro atoms. The molecule has 0 aliphatic heterocycles. The Morgan fingerprint density at radius 1 is 0.578 bits per heavy atom. The van der Waals surface area contributed by atoms with Crippen molar-refractivity contribution < 1.29 is 33.0 Å². The van der Waals surface area contributed by atoms with Gasteiger partial charge in [0.25, 0.3) is 11.1 Å². The van der Waals surface area contributed by atoms with E-state index in [0.29, 0.717) is 72.6 Å². The van der Waals surface area contributed by atoms with E-state index < -0.39 is 23.0 Å². The van der Waals surface area contributed by atoms with Crippen molar-refractivity contribution in [2.75, 3.05) is 0 Å². The Morgan fingerprint density at radius 2 is 0.969 bits per heavy atom. The van der Waals surface area contributed by atoms with Gasteiger partial charge >= 0.3 is 5.97 Å². The van der Waals surface area contributed by atoms with Gasteiger partial charge in [0, 0.05) is 16.7 Å². The van der Waals surface area contributed by atoms with Gasteiger partial charge in [-0.1, -0.05) is 24.3 Å². The number of carboxylic acid groups (broad SMARTS) is 1. The van der Waals surface area contributed by atoms with E-state index in [1.54, 1.807) is 83.6 Å². The number of benzene rings is 6. The number of amides is 1. The number of nitrogens with two attached hydrogens (primary N) is 1. The second kappa shape index (κ2) is 18.2. The molecular weight excluding hydrogens is 821 g/mol. The van der Waals surface area contributed by atoms with Crippen LogP contribution in [0.1, 0.15) is 65.2 Å². The third-order valence-electron chi connectivity index (χ3n) is 10.6. The summed E-state index contributed by atoms with van der Waals surface area (Å²) in [6.45, 7) is 11.3. The van der Waals surface area contributed by atoms with Crippen LogP contribution < -0.4 is 26.3 Å². The maximum Gasteiger partial charge on any atom is 0.335 e. The van der Waals surface area contributed by atoms with E-state index in [0.717, 1.165) is 22.3 Å². The number of fused-ring (bicyclic) bond motifs is 2. The Bertz CT molecular complexity index is 3020. The number of aryl methyl sites for hydroxylation is 6. The van der Waals surface area contributed by atoms with Crippen LogP contribution in [0.2, 0.25) is 0 Å². The van der Waals surface area contributed by atoms with Gasteiger partial charge in [0.15, 0.2) is 0 Å². The van der Waals surface area contributed by atoms with Gasteiger partial charge in [0.05, 0.1) is 53.1 Å². The molecule has 0 fully saturated rings. The highest BCUT2D eigenvalue weighted by Gasteiger charge is 2.16. The van der Waals surface area contributed by atoms with E-state index in [2.05, 4.69) is 9.97 Å². The lowest BCUT2D eigenvalue weighted by molar-refractivity contribution is 0.0696. The number of hydrogen-bond acceptors (Lipinski definition) is 8. The summed E-state index contributed by atoms with van der Waals surface area (Å²) in [6, 6.07) is 26.6. The third kappa shape index (κ3) is 9.55. The summed E-state index contributed by atoms with van der Waals surface area (Å²) in [6.07, 6.45) is 2.82. The Hall–Kier alpha value is -8.00. The van der Waals surface area contributed by atoms with E-state index >= 15 is 0 Å². The number of carbonyl (C=O) groups is 2. The maximum atomic E-state index is 14.3. The van der Waals surface area contributed by atoms with Gasteiger partial charge in [-0.15, -0.1) is 0 Å². The maximum absolute atomic E-state index is 14.3. The topological polar surface area (TPSA) is 169 Å². The number of primary amides is 1. The second-order valence-corrected chi connectivity index (χ2v) is 15.7. The van der Waals surface area contributed by atoms with Crippen molar-refractivity contribution in [3.8, 4) is 23.0 Å². The predicted molar refractivity (Wildman–Crippen MR) is 240 cm³/mol. The largest absolute Gasteiger partial charge is 0.478 e.